The lowest BCUT2D eigenvalue weighted by Gasteiger charge is -2.52. The summed E-state index contributed by atoms with van der Waals surface area (Å²) in [4.78, 5) is 38.6. The molecule has 1 aromatic carbocycles. The highest BCUT2D eigenvalue weighted by Crippen LogP contribution is 2.40. The van der Waals surface area contributed by atoms with Crippen LogP contribution in [0.3, 0.4) is 0 Å². The van der Waals surface area contributed by atoms with Crippen molar-refractivity contribution < 1.29 is 9.53 Å². The normalized spacial score (nSPS) is 16.4. The van der Waals surface area contributed by atoms with E-state index in [9.17, 15) is 9.59 Å². The quantitative estimate of drug-likeness (QED) is 0.430. The standard InChI is InChI=1S/C27H34ClN7O3.C2H6/c1-17(2)35-21-6-5-19(11-18(21)12-22(25(35)37)38-14-23(36)29-3)31-24-20(28)13-30-26(32-24)34-9-7-27(8-10-34)15-33(4)16-27;1-2/h5-6,11-13,17H,7-10,14-16H2,1-4H3,(H,29,36)(H,30,31,32);1-2H3. The van der Waals surface area contributed by atoms with Crippen LogP contribution in [0.5, 0.6) is 5.75 Å². The maximum absolute atomic E-state index is 13.1. The minimum absolute atomic E-state index is 0.102. The van der Waals surface area contributed by atoms with Crippen molar-refractivity contribution in [2.75, 3.05) is 57.1 Å². The highest BCUT2D eigenvalue weighted by Gasteiger charge is 2.43. The number of carbonyl (C=O) groups is 1. The van der Waals surface area contributed by atoms with Crippen molar-refractivity contribution in [2.45, 2.75) is 46.6 Å². The molecule has 2 aliphatic rings. The monoisotopic (exact) mass is 569 g/mol. The van der Waals surface area contributed by atoms with E-state index in [1.165, 1.54) is 20.1 Å². The number of nitrogens with one attached hydrogen (secondary N) is 2. The molecular formula is C29H40ClN7O3. The molecule has 216 valence electrons. The van der Waals surface area contributed by atoms with Gasteiger partial charge in [0.15, 0.2) is 18.2 Å². The molecule has 2 saturated heterocycles. The van der Waals surface area contributed by atoms with Crippen LogP contribution in [0.15, 0.2) is 35.3 Å². The van der Waals surface area contributed by atoms with Crippen LogP contribution in [0, 0.1) is 5.41 Å². The number of nitrogens with zero attached hydrogens (tertiary/aromatic N) is 5. The summed E-state index contributed by atoms with van der Waals surface area (Å²) in [5, 5.41) is 7.03. The van der Waals surface area contributed by atoms with Crippen LogP contribution in [-0.2, 0) is 4.79 Å². The third-order valence-electron chi connectivity index (χ3n) is 7.47. The van der Waals surface area contributed by atoms with Crippen molar-refractivity contribution in [3.63, 3.8) is 0 Å². The average Bonchev–Trinajstić information content (AvgIpc) is 2.93. The summed E-state index contributed by atoms with van der Waals surface area (Å²) in [6, 6.07) is 7.25. The van der Waals surface area contributed by atoms with Crippen LogP contribution < -0.4 is 25.8 Å². The molecule has 2 fully saturated rings. The zero-order valence-electron chi connectivity index (χ0n) is 24.3. The highest BCUT2D eigenvalue weighted by atomic mass is 35.5. The average molecular weight is 570 g/mol. The van der Waals surface area contributed by atoms with Crippen LogP contribution in [0.2, 0.25) is 5.02 Å². The molecule has 10 nitrogen and oxygen atoms in total. The van der Waals surface area contributed by atoms with Gasteiger partial charge in [-0.2, -0.15) is 4.98 Å². The number of carbonyl (C=O) groups excluding carboxylic acids is 1. The number of amides is 1. The van der Waals surface area contributed by atoms with E-state index in [1.807, 2.05) is 45.9 Å². The molecule has 4 heterocycles. The van der Waals surface area contributed by atoms with E-state index in [1.54, 1.807) is 16.8 Å². The van der Waals surface area contributed by atoms with Crippen LogP contribution in [-0.4, -0.2) is 72.2 Å². The Kier molecular flexibility index (Phi) is 9.20. The lowest BCUT2D eigenvalue weighted by molar-refractivity contribution is -0.122. The molecule has 40 heavy (non-hydrogen) atoms. The fraction of sp³-hybridized carbons (Fsp3) is 0.517. The zero-order valence-corrected chi connectivity index (χ0v) is 25.0. The van der Waals surface area contributed by atoms with Gasteiger partial charge in [0.2, 0.25) is 5.95 Å². The molecule has 1 amide bonds. The van der Waals surface area contributed by atoms with E-state index in [4.69, 9.17) is 21.3 Å². The number of pyridine rings is 1. The molecule has 0 radical (unpaired) electrons. The van der Waals surface area contributed by atoms with Gasteiger partial charge in [-0.05, 0) is 63.4 Å². The first-order chi connectivity index (χ1) is 19.2. The van der Waals surface area contributed by atoms with E-state index in [0.717, 1.165) is 42.5 Å². The zero-order chi connectivity index (χ0) is 29.0. The summed E-state index contributed by atoms with van der Waals surface area (Å²) < 4.78 is 7.23. The van der Waals surface area contributed by atoms with Gasteiger partial charge in [-0.3, -0.25) is 9.59 Å². The fourth-order valence-electron chi connectivity index (χ4n) is 5.56. The molecule has 0 bridgehead atoms. The van der Waals surface area contributed by atoms with E-state index >= 15 is 0 Å². The fourth-order valence-corrected chi connectivity index (χ4v) is 5.70. The van der Waals surface area contributed by atoms with Crippen LogP contribution in [0.25, 0.3) is 10.9 Å². The lowest BCUT2D eigenvalue weighted by atomic mass is 9.72. The Morgan fingerprint density at radius 2 is 1.88 bits per heavy atom. The molecule has 3 aromatic rings. The van der Waals surface area contributed by atoms with E-state index in [2.05, 4.69) is 32.5 Å². The van der Waals surface area contributed by atoms with Gasteiger partial charge in [0.25, 0.3) is 11.5 Å². The van der Waals surface area contributed by atoms with Crippen molar-refractivity contribution in [3.8, 4) is 5.75 Å². The van der Waals surface area contributed by atoms with Crippen molar-refractivity contribution in [1.82, 2.24) is 24.8 Å². The summed E-state index contributed by atoms with van der Waals surface area (Å²) >= 11 is 6.48. The third kappa shape index (κ3) is 6.18. The van der Waals surface area contributed by atoms with E-state index < -0.39 is 0 Å². The van der Waals surface area contributed by atoms with Gasteiger partial charge in [0.1, 0.15) is 5.02 Å². The molecule has 11 heteroatoms. The Morgan fingerprint density at radius 1 is 1.18 bits per heavy atom. The molecule has 0 aliphatic carbocycles. The number of likely N-dealkylation sites (tertiary alicyclic amines) is 1. The lowest BCUT2D eigenvalue weighted by Crippen LogP contribution is -2.58. The predicted molar refractivity (Wildman–Crippen MR) is 161 cm³/mol. The Morgan fingerprint density at radius 3 is 2.50 bits per heavy atom. The Hall–Kier alpha value is -3.37. The van der Waals surface area contributed by atoms with E-state index in [0.29, 0.717) is 22.2 Å². The SMILES string of the molecule is CC.CNC(=O)COc1cc2cc(Nc3nc(N4CCC5(CC4)CN(C)C5)ncc3Cl)ccc2n(C(C)C)c1=O. The number of halogens is 1. The van der Waals surface area contributed by atoms with Crippen molar-refractivity contribution in [3.05, 3.63) is 45.8 Å². The smallest absolute Gasteiger partial charge is 0.293 e. The number of likely N-dealkylation sites (N-methyl/N-ethyl adjacent to an activating group) is 1. The largest absolute Gasteiger partial charge is 0.478 e. The Balaban J connectivity index is 0.00000181. The number of hydrogen-bond donors (Lipinski definition) is 2. The van der Waals surface area contributed by atoms with Crippen LogP contribution in [0.4, 0.5) is 17.5 Å². The molecule has 0 unspecified atom stereocenters. The number of ether oxygens (including phenoxy) is 1. The molecule has 1 spiro atoms. The number of rotatable bonds is 7. The molecular weight excluding hydrogens is 530 g/mol. The molecule has 5 rings (SSSR count). The molecule has 0 atom stereocenters. The van der Waals surface area contributed by atoms with Gasteiger partial charge in [-0.1, -0.05) is 25.4 Å². The molecule has 2 aromatic heterocycles. The first kappa shape index (κ1) is 29.6. The summed E-state index contributed by atoms with van der Waals surface area (Å²) in [5.74, 6) is 0.996. The number of piperidine rings is 1. The highest BCUT2D eigenvalue weighted by molar-refractivity contribution is 6.32. The van der Waals surface area contributed by atoms with Crippen molar-refractivity contribution in [2.24, 2.45) is 5.41 Å². The summed E-state index contributed by atoms with van der Waals surface area (Å²) in [7, 11) is 3.69. The first-order valence-electron chi connectivity index (χ1n) is 13.9. The second-order valence-electron chi connectivity index (χ2n) is 10.7. The predicted octanol–water partition coefficient (Wildman–Crippen LogP) is 4.45. The molecule has 2 aliphatic heterocycles. The maximum atomic E-state index is 13.1. The number of hydrogen-bond acceptors (Lipinski definition) is 8. The van der Waals surface area contributed by atoms with E-state index in [-0.39, 0.29) is 29.9 Å². The van der Waals surface area contributed by atoms with Gasteiger partial charge in [-0.25, -0.2) is 4.98 Å². The van der Waals surface area contributed by atoms with Crippen molar-refractivity contribution >= 4 is 45.9 Å². The van der Waals surface area contributed by atoms with Crippen molar-refractivity contribution in [1.29, 1.82) is 0 Å². The minimum Gasteiger partial charge on any atom is -0.478 e. The second-order valence-corrected chi connectivity index (χ2v) is 11.1. The van der Waals surface area contributed by atoms with Gasteiger partial charge in [0, 0.05) is 50.3 Å². The second kappa shape index (κ2) is 12.4. The Bertz CT molecular complexity index is 1410. The molecule has 0 saturated carbocycles. The number of fused-ring (bicyclic) bond motifs is 1. The van der Waals surface area contributed by atoms with Crippen LogP contribution >= 0.6 is 11.6 Å². The third-order valence-corrected chi connectivity index (χ3v) is 7.75. The van der Waals surface area contributed by atoms with Gasteiger partial charge in [-0.15, -0.1) is 0 Å². The Labute approximate surface area is 240 Å². The minimum atomic E-state index is -0.311. The topological polar surface area (TPSA) is 105 Å². The van der Waals surface area contributed by atoms with Gasteiger partial charge in [0.05, 0.1) is 11.7 Å². The van der Waals surface area contributed by atoms with Gasteiger partial charge >= 0.3 is 0 Å². The first-order valence-corrected chi connectivity index (χ1v) is 14.3. The number of benzene rings is 1. The maximum Gasteiger partial charge on any atom is 0.293 e. The summed E-state index contributed by atoms with van der Waals surface area (Å²) in [5.41, 5.74) is 1.69. The van der Waals surface area contributed by atoms with Crippen LogP contribution in [0.1, 0.15) is 46.6 Å². The summed E-state index contributed by atoms with van der Waals surface area (Å²) in [6.07, 6.45) is 3.91. The van der Waals surface area contributed by atoms with Gasteiger partial charge < -0.3 is 29.7 Å². The number of anilines is 3. The number of aromatic nitrogens is 3. The molecule has 2 N–H and O–H groups in total. The summed E-state index contributed by atoms with van der Waals surface area (Å²) in [6.45, 7) is 11.8.